The Kier molecular flexibility index (Phi) is 6.05. The molecule has 27 heavy (non-hydrogen) atoms. The van der Waals surface area contributed by atoms with Gasteiger partial charge in [0.05, 0.1) is 19.3 Å². The predicted octanol–water partition coefficient (Wildman–Crippen LogP) is 4.13. The molecule has 1 atom stereocenters. The SMILES string of the molecule is CCCN1C(=S)NC(c2ccc(OC)c(OC(C)C)c2)C2=C1CCCC2=O. The summed E-state index contributed by atoms with van der Waals surface area (Å²) in [5.74, 6) is 1.57. The summed E-state index contributed by atoms with van der Waals surface area (Å²) in [5.41, 5.74) is 2.90. The van der Waals surface area contributed by atoms with Gasteiger partial charge in [-0.05, 0) is 63.0 Å². The lowest BCUT2D eigenvalue weighted by Gasteiger charge is -2.41. The van der Waals surface area contributed by atoms with Crippen molar-refractivity contribution in [3.05, 3.63) is 35.0 Å². The monoisotopic (exact) mass is 388 g/mol. The number of nitrogens with zero attached hydrogens (tertiary/aromatic N) is 1. The number of rotatable bonds is 6. The molecule has 0 fully saturated rings. The molecule has 0 spiro atoms. The molecule has 0 saturated heterocycles. The predicted molar refractivity (Wildman–Crippen MR) is 110 cm³/mol. The van der Waals surface area contributed by atoms with Gasteiger partial charge in [0, 0.05) is 24.2 Å². The fourth-order valence-electron chi connectivity index (χ4n) is 3.78. The summed E-state index contributed by atoms with van der Waals surface area (Å²) in [7, 11) is 1.63. The number of hydrogen-bond acceptors (Lipinski definition) is 4. The molecule has 146 valence electrons. The van der Waals surface area contributed by atoms with Crippen molar-refractivity contribution in [2.75, 3.05) is 13.7 Å². The molecule has 1 aromatic carbocycles. The molecular formula is C21H28N2O3S. The van der Waals surface area contributed by atoms with Crippen LogP contribution in [-0.2, 0) is 4.79 Å². The Hall–Kier alpha value is -2.08. The normalized spacial score (nSPS) is 19.9. The number of hydrogen-bond donors (Lipinski definition) is 1. The summed E-state index contributed by atoms with van der Waals surface area (Å²) < 4.78 is 11.3. The number of allylic oxidation sites excluding steroid dienone is 1. The van der Waals surface area contributed by atoms with Crippen molar-refractivity contribution in [2.24, 2.45) is 0 Å². The molecule has 1 aliphatic heterocycles. The second-order valence-corrected chi connectivity index (χ2v) is 7.63. The highest BCUT2D eigenvalue weighted by Crippen LogP contribution is 2.40. The lowest BCUT2D eigenvalue weighted by Crippen LogP contribution is -2.49. The molecular weight excluding hydrogens is 360 g/mol. The quantitative estimate of drug-likeness (QED) is 0.740. The Morgan fingerprint density at radius 2 is 2.07 bits per heavy atom. The first-order valence-corrected chi connectivity index (χ1v) is 10.1. The fraction of sp³-hybridized carbons (Fsp3) is 0.524. The Morgan fingerprint density at radius 1 is 1.30 bits per heavy atom. The van der Waals surface area contributed by atoms with E-state index in [2.05, 4.69) is 17.1 Å². The molecule has 1 heterocycles. The number of benzene rings is 1. The molecule has 0 saturated carbocycles. The summed E-state index contributed by atoms with van der Waals surface area (Å²) in [5, 5.41) is 4.09. The van der Waals surface area contributed by atoms with Gasteiger partial charge in [-0.1, -0.05) is 13.0 Å². The largest absolute Gasteiger partial charge is 0.493 e. The number of ketones is 1. The Bertz CT molecular complexity index is 773. The summed E-state index contributed by atoms with van der Waals surface area (Å²) >= 11 is 5.64. The van der Waals surface area contributed by atoms with E-state index in [9.17, 15) is 4.79 Å². The summed E-state index contributed by atoms with van der Waals surface area (Å²) in [6, 6.07) is 5.59. The van der Waals surface area contributed by atoms with Crippen molar-refractivity contribution in [1.29, 1.82) is 0 Å². The van der Waals surface area contributed by atoms with Gasteiger partial charge < -0.3 is 19.7 Å². The molecule has 0 aromatic heterocycles. The van der Waals surface area contributed by atoms with Crippen molar-refractivity contribution in [3.63, 3.8) is 0 Å². The van der Waals surface area contributed by atoms with Crippen LogP contribution in [0, 0.1) is 0 Å². The molecule has 3 rings (SSSR count). The minimum absolute atomic E-state index is 0.0284. The lowest BCUT2D eigenvalue weighted by molar-refractivity contribution is -0.116. The van der Waals surface area contributed by atoms with Gasteiger partial charge in [0.15, 0.2) is 22.4 Å². The summed E-state index contributed by atoms with van der Waals surface area (Å²) in [6.45, 7) is 6.91. The van der Waals surface area contributed by atoms with E-state index < -0.39 is 0 Å². The number of thiocarbonyl (C=S) groups is 1. The second kappa shape index (κ2) is 8.30. The third kappa shape index (κ3) is 3.95. The second-order valence-electron chi connectivity index (χ2n) is 7.25. The van der Waals surface area contributed by atoms with Gasteiger partial charge >= 0.3 is 0 Å². The van der Waals surface area contributed by atoms with E-state index in [4.69, 9.17) is 21.7 Å². The zero-order chi connectivity index (χ0) is 19.6. The minimum atomic E-state index is -0.242. The summed E-state index contributed by atoms with van der Waals surface area (Å²) in [4.78, 5) is 14.9. The average Bonchev–Trinajstić information content (AvgIpc) is 2.63. The van der Waals surface area contributed by atoms with Crippen molar-refractivity contribution in [2.45, 2.75) is 58.6 Å². The topological polar surface area (TPSA) is 50.8 Å². The Balaban J connectivity index is 2.06. The molecule has 0 radical (unpaired) electrons. The van der Waals surface area contributed by atoms with Gasteiger partial charge in [-0.15, -0.1) is 0 Å². The van der Waals surface area contributed by atoms with E-state index in [1.807, 2.05) is 32.0 Å². The van der Waals surface area contributed by atoms with Crippen molar-refractivity contribution in [3.8, 4) is 11.5 Å². The standard InChI is InChI=1S/C21H28N2O3S/c1-5-11-23-15-7-6-8-16(24)19(15)20(22-21(23)27)14-9-10-17(25-4)18(12-14)26-13(2)3/h9-10,12-13,20H,5-8,11H2,1-4H3,(H,22,27). The van der Waals surface area contributed by atoms with Crippen LogP contribution in [0.25, 0.3) is 0 Å². The van der Waals surface area contributed by atoms with E-state index in [0.717, 1.165) is 42.6 Å². The van der Waals surface area contributed by atoms with Gasteiger partial charge in [-0.25, -0.2) is 0 Å². The maximum atomic E-state index is 12.8. The van der Waals surface area contributed by atoms with Crippen LogP contribution in [0.5, 0.6) is 11.5 Å². The van der Waals surface area contributed by atoms with Gasteiger partial charge in [-0.3, -0.25) is 4.79 Å². The van der Waals surface area contributed by atoms with Gasteiger partial charge in [0.1, 0.15) is 0 Å². The Morgan fingerprint density at radius 3 is 2.74 bits per heavy atom. The van der Waals surface area contributed by atoms with Crippen molar-refractivity contribution >= 4 is 23.1 Å². The maximum absolute atomic E-state index is 12.8. The van der Waals surface area contributed by atoms with Crippen LogP contribution >= 0.6 is 12.2 Å². The van der Waals surface area contributed by atoms with Gasteiger partial charge in [0.2, 0.25) is 0 Å². The van der Waals surface area contributed by atoms with Crippen LogP contribution < -0.4 is 14.8 Å². The lowest BCUT2D eigenvalue weighted by atomic mass is 9.84. The van der Waals surface area contributed by atoms with Crippen LogP contribution in [0.2, 0.25) is 0 Å². The van der Waals surface area contributed by atoms with Crippen LogP contribution in [0.3, 0.4) is 0 Å². The van der Waals surface area contributed by atoms with Crippen molar-refractivity contribution < 1.29 is 14.3 Å². The van der Waals surface area contributed by atoms with Crippen LogP contribution in [0.4, 0.5) is 0 Å². The van der Waals surface area contributed by atoms with Crippen molar-refractivity contribution in [1.82, 2.24) is 10.2 Å². The third-order valence-corrected chi connectivity index (χ3v) is 5.23. The first-order valence-electron chi connectivity index (χ1n) is 9.65. The molecule has 1 N–H and O–H groups in total. The molecule has 1 aliphatic carbocycles. The highest BCUT2D eigenvalue weighted by molar-refractivity contribution is 7.80. The van der Waals surface area contributed by atoms with Crippen LogP contribution in [-0.4, -0.2) is 35.6 Å². The number of carbonyl (C=O) groups excluding carboxylic acids is 1. The number of methoxy groups -OCH3 is 1. The first kappa shape index (κ1) is 19.7. The van der Waals surface area contributed by atoms with E-state index in [1.165, 1.54) is 0 Å². The van der Waals surface area contributed by atoms with E-state index in [-0.39, 0.29) is 17.9 Å². The average molecular weight is 389 g/mol. The molecule has 6 heteroatoms. The molecule has 2 aliphatic rings. The zero-order valence-corrected chi connectivity index (χ0v) is 17.3. The third-order valence-electron chi connectivity index (χ3n) is 4.89. The van der Waals surface area contributed by atoms with Gasteiger partial charge in [0.25, 0.3) is 0 Å². The van der Waals surface area contributed by atoms with Crippen LogP contribution in [0.15, 0.2) is 29.5 Å². The minimum Gasteiger partial charge on any atom is -0.493 e. The maximum Gasteiger partial charge on any atom is 0.173 e. The molecule has 1 aromatic rings. The molecule has 1 unspecified atom stereocenters. The van der Waals surface area contributed by atoms with E-state index >= 15 is 0 Å². The smallest absolute Gasteiger partial charge is 0.173 e. The molecule has 0 bridgehead atoms. The fourth-order valence-corrected chi connectivity index (χ4v) is 4.10. The zero-order valence-electron chi connectivity index (χ0n) is 16.5. The van der Waals surface area contributed by atoms with Crippen LogP contribution in [0.1, 0.15) is 58.1 Å². The number of carbonyl (C=O) groups is 1. The Labute approximate surface area is 166 Å². The number of nitrogens with one attached hydrogen (secondary N) is 1. The number of ether oxygens (including phenoxy) is 2. The first-order chi connectivity index (χ1) is 13.0. The summed E-state index contributed by atoms with van der Waals surface area (Å²) in [6.07, 6.45) is 3.38. The molecule has 0 amide bonds. The molecule has 5 nitrogen and oxygen atoms in total. The highest BCUT2D eigenvalue weighted by atomic mass is 32.1. The van der Waals surface area contributed by atoms with E-state index in [0.29, 0.717) is 23.0 Å². The highest BCUT2D eigenvalue weighted by Gasteiger charge is 2.37. The van der Waals surface area contributed by atoms with E-state index in [1.54, 1.807) is 7.11 Å². The number of Topliss-reactive ketones (excluding diaryl/α,β-unsaturated/α-hetero) is 1. The van der Waals surface area contributed by atoms with Gasteiger partial charge in [-0.2, -0.15) is 0 Å².